The van der Waals surface area contributed by atoms with Crippen LogP contribution >= 0.6 is 0 Å². The Morgan fingerprint density at radius 3 is 2.46 bits per heavy atom. The Morgan fingerprint density at radius 2 is 1.73 bits per heavy atom. The molecule has 0 bridgehead atoms. The maximum absolute atomic E-state index is 6.02. The molecule has 0 fully saturated rings. The monoisotopic (exact) mass is 354 g/mol. The summed E-state index contributed by atoms with van der Waals surface area (Å²) in [6.45, 7) is 2.80. The van der Waals surface area contributed by atoms with E-state index in [0.29, 0.717) is 25.7 Å². The number of anilines is 1. The average molecular weight is 354 g/mol. The summed E-state index contributed by atoms with van der Waals surface area (Å²) >= 11 is 0. The van der Waals surface area contributed by atoms with Gasteiger partial charge in [-0.15, -0.1) is 0 Å². The Hall–Kier alpha value is -2.73. The van der Waals surface area contributed by atoms with Gasteiger partial charge in [0.2, 0.25) is 0 Å². The number of nitrogens with two attached hydrogens (primary N) is 1. The molecule has 0 aromatic heterocycles. The Labute approximate surface area is 154 Å². The smallest absolute Gasteiger partial charge is 0.193 e. The number of fused-ring (bicyclic) bond motifs is 1. The molecule has 0 saturated heterocycles. The number of guanidine groups is 1. The normalized spacial score (nSPS) is 14.2. The number of nitrogens with zero attached hydrogens (tertiary/aromatic N) is 2. The zero-order valence-electron chi connectivity index (χ0n) is 15.4. The third-order valence-electron chi connectivity index (χ3n) is 3.97. The lowest BCUT2D eigenvalue weighted by atomic mass is 10.1. The summed E-state index contributed by atoms with van der Waals surface area (Å²) in [4.78, 5) is 6.55. The van der Waals surface area contributed by atoms with E-state index in [-0.39, 0.29) is 0 Å². The summed E-state index contributed by atoms with van der Waals surface area (Å²) in [5.74, 6) is 1.87. The lowest BCUT2D eigenvalue weighted by molar-refractivity contribution is 0.297. The summed E-state index contributed by atoms with van der Waals surface area (Å²) in [5, 5.41) is 3.11. The van der Waals surface area contributed by atoms with Crippen molar-refractivity contribution >= 4 is 11.6 Å². The molecule has 2 aromatic rings. The van der Waals surface area contributed by atoms with Gasteiger partial charge in [0.05, 0.1) is 19.8 Å². The van der Waals surface area contributed by atoms with Crippen molar-refractivity contribution in [1.82, 2.24) is 4.90 Å². The van der Waals surface area contributed by atoms with E-state index in [9.17, 15) is 0 Å². The second kappa shape index (κ2) is 8.58. The second-order valence-corrected chi connectivity index (χ2v) is 6.59. The zero-order valence-corrected chi connectivity index (χ0v) is 15.4. The highest BCUT2D eigenvalue weighted by molar-refractivity contribution is 5.92. The van der Waals surface area contributed by atoms with Gasteiger partial charge in [-0.05, 0) is 37.4 Å². The van der Waals surface area contributed by atoms with Gasteiger partial charge >= 0.3 is 0 Å². The first-order chi connectivity index (χ1) is 12.6. The maximum Gasteiger partial charge on any atom is 0.193 e. The van der Waals surface area contributed by atoms with Crippen molar-refractivity contribution in [2.24, 2.45) is 10.7 Å². The van der Waals surface area contributed by atoms with Gasteiger partial charge in [-0.25, -0.2) is 4.99 Å². The number of hydrogen-bond donors (Lipinski definition) is 2. The molecule has 26 heavy (non-hydrogen) atoms. The molecule has 3 rings (SSSR count). The van der Waals surface area contributed by atoms with Gasteiger partial charge in [0.1, 0.15) is 0 Å². The number of aliphatic imine (C=N–C) groups is 1. The predicted octanol–water partition coefficient (Wildman–Crippen LogP) is 2.84. The van der Waals surface area contributed by atoms with Gasteiger partial charge in [0.25, 0.3) is 0 Å². The first-order valence-corrected chi connectivity index (χ1v) is 8.79. The van der Waals surface area contributed by atoms with Crippen LogP contribution in [-0.4, -0.2) is 38.2 Å². The van der Waals surface area contributed by atoms with Crippen molar-refractivity contribution in [3.63, 3.8) is 0 Å². The molecule has 1 heterocycles. The molecular weight excluding hydrogens is 328 g/mol. The predicted molar refractivity (Wildman–Crippen MR) is 105 cm³/mol. The summed E-state index contributed by atoms with van der Waals surface area (Å²) in [7, 11) is 4.12. The van der Waals surface area contributed by atoms with Crippen molar-refractivity contribution in [1.29, 1.82) is 0 Å². The minimum Gasteiger partial charge on any atom is -0.490 e. The molecule has 0 atom stereocenters. The molecule has 6 nitrogen and oxygen atoms in total. The highest BCUT2D eigenvalue weighted by atomic mass is 16.5. The lowest BCUT2D eigenvalue weighted by Gasteiger charge is -2.11. The molecule has 0 spiro atoms. The van der Waals surface area contributed by atoms with E-state index in [2.05, 4.69) is 53.6 Å². The van der Waals surface area contributed by atoms with Crippen LogP contribution in [-0.2, 0) is 13.1 Å². The van der Waals surface area contributed by atoms with E-state index < -0.39 is 0 Å². The van der Waals surface area contributed by atoms with Crippen LogP contribution in [0.15, 0.2) is 47.5 Å². The van der Waals surface area contributed by atoms with E-state index in [1.807, 2.05) is 18.2 Å². The molecule has 2 aromatic carbocycles. The fourth-order valence-corrected chi connectivity index (χ4v) is 2.72. The number of rotatable bonds is 5. The lowest BCUT2D eigenvalue weighted by Crippen LogP contribution is -2.22. The number of ether oxygens (including phenoxy) is 2. The number of nitrogens with one attached hydrogen (secondary N) is 1. The molecule has 6 heteroatoms. The van der Waals surface area contributed by atoms with Crippen LogP contribution in [0.25, 0.3) is 0 Å². The largest absolute Gasteiger partial charge is 0.490 e. The van der Waals surface area contributed by atoms with Crippen LogP contribution in [0, 0.1) is 0 Å². The molecule has 1 aliphatic rings. The molecule has 1 aliphatic heterocycles. The molecule has 0 aliphatic carbocycles. The molecular formula is C20H26N4O2. The quantitative estimate of drug-likeness (QED) is 0.638. The Balaban J connectivity index is 1.59. The summed E-state index contributed by atoms with van der Waals surface area (Å²) in [6.07, 6.45) is 0.883. The summed E-state index contributed by atoms with van der Waals surface area (Å²) < 4.78 is 11.3. The molecule has 0 unspecified atom stereocenters. The minimum absolute atomic E-state index is 0.372. The summed E-state index contributed by atoms with van der Waals surface area (Å²) in [6, 6.07) is 14.1. The van der Waals surface area contributed by atoms with E-state index >= 15 is 0 Å². The van der Waals surface area contributed by atoms with Gasteiger partial charge in [-0.1, -0.05) is 24.3 Å². The molecule has 0 saturated carbocycles. The fourth-order valence-electron chi connectivity index (χ4n) is 2.72. The van der Waals surface area contributed by atoms with Gasteiger partial charge < -0.3 is 25.4 Å². The van der Waals surface area contributed by atoms with E-state index in [0.717, 1.165) is 35.7 Å². The van der Waals surface area contributed by atoms with Crippen LogP contribution in [0.5, 0.6) is 11.5 Å². The molecule has 0 amide bonds. The first-order valence-electron chi connectivity index (χ1n) is 8.79. The van der Waals surface area contributed by atoms with Crippen LogP contribution in [0.3, 0.4) is 0 Å². The van der Waals surface area contributed by atoms with Gasteiger partial charge in [-0.3, -0.25) is 0 Å². The second-order valence-electron chi connectivity index (χ2n) is 6.59. The van der Waals surface area contributed by atoms with Crippen LogP contribution in [0.1, 0.15) is 17.5 Å². The Bertz CT molecular complexity index is 757. The van der Waals surface area contributed by atoms with E-state index in [1.54, 1.807) is 0 Å². The first kappa shape index (κ1) is 18.1. The molecule has 138 valence electrons. The van der Waals surface area contributed by atoms with E-state index in [4.69, 9.17) is 15.2 Å². The van der Waals surface area contributed by atoms with Crippen LogP contribution in [0.2, 0.25) is 0 Å². The SMILES string of the molecule is CN(C)Cc1ccc(CN=C(N)Nc2ccc3c(c2)OCCCO3)cc1. The highest BCUT2D eigenvalue weighted by Gasteiger charge is 2.10. The van der Waals surface area contributed by atoms with Crippen molar-refractivity contribution < 1.29 is 9.47 Å². The average Bonchev–Trinajstić information content (AvgIpc) is 2.85. The van der Waals surface area contributed by atoms with Crippen LogP contribution in [0.4, 0.5) is 5.69 Å². The minimum atomic E-state index is 0.372. The number of benzene rings is 2. The fraction of sp³-hybridized carbons (Fsp3) is 0.350. The van der Waals surface area contributed by atoms with E-state index in [1.165, 1.54) is 5.56 Å². The van der Waals surface area contributed by atoms with Crippen LogP contribution < -0.4 is 20.5 Å². The highest BCUT2D eigenvalue weighted by Crippen LogP contribution is 2.32. The molecule has 3 N–H and O–H groups in total. The maximum atomic E-state index is 6.02. The van der Waals surface area contributed by atoms with Crippen molar-refractivity contribution in [3.05, 3.63) is 53.6 Å². The summed E-state index contributed by atoms with van der Waals surface area (Å²) in [5.41, 5.74) is 9.25. The topological polar surface area (TPSA) is 72.1 Å². The van der Waals surface area contributed by atoms with Crippen molar-refractivity contribution in [2.45, 2.75) is 19.5 Å². The van der Waals surface area contributed by atoms with Crippen molar-refractivity contribution in [3.8, 4) is 11.5 Å². The molecule has 0 radical (unpaired) electrons. The third kappa shape index (κ3) is 5.13. The standard InChI is InChI=1S/C20H26N4O2/c1-24(2)14-16-6-4-15(5-7-16)13-22-20(21)23-17-8-9-18-19(12-17)26-11-3-10-25-18/h4-9,12H,3,10-11,13-14H2,1-2H3,(H3,21,22,23). The number of hydrogen-bond acceptors (Lipinski definition) is 4. The Morgan fingerprint density at radius 1 is 1.04 bits per heavy atom. The zero-order chi connectivity index (χ0) is 18.4. The Kier molecular flexibility index (Phi) is 5.96. The van der Waals surface area contributed by atoms with Crippen molar-refractivity contribution in [2.75, 3.05) is 32.6 Å². The van der Waals surface area contributed by atoms with Gasteiger partial charge in [0.15, 0.2) is 17.5 Å². The van der Waals surface area contributed by atoms with Gasteiger partial charge in [0, 0.05) is 24.7 Å². The third-order valence-corrected chi connectivity index (χ3v) is 3.97. The van der Waals surface area contributed by atoms with Gasteiger partial charge in [-0.2, -0.15) is 0 Å².